The minimum atomic E-state index is -0.622. The topological polar surface area (TPSA) is 58.6 Å². The van der Waals surface area contributed by atoms with E-state index in [4.69, 9.17) is 16.3 Å². The molecule has 0 fully saturated rings. The zero-order valence-electron chi connectivity index (χ0n) is 18.4. The van der Waals surface area contributed by atoms with E-state index < -0.39 is 6.04 Å². The first kappa shape index (κ1) is 23.7. The van der Waals surface area contributed by atoms with Gasteiger partial charge in [-0.3, -0.25) is 9.59 Å². The van der Waals surface area contributed by atoms with Crippen molar-refractivity contribution in [3.05, 3.63) is 64.2 Å². The van der Waals surface area contributed by atoms with Crippen molar-refractivity contribution < 1.29 is 14.3 Å². The third-order valence-electron chi connectivity index (χ3n) is 5.13. The summed E-state index contributed by atoms with van der Waals surface area (Å²) in [6.45, 7) is 9.76. The summed E-state index contributed by atoms with van der Waals surface area (Å²) >= 11 is 6.05. The van der Waals surface area contributed by atoms with Gasteiger partial charge in [0, 0.05) is 17.6 Å². The summed E-state index contributed by atoms with van der Waals surface area (Å²) in [6.07, 6.45) is 0.823. The fourth-order valence-corrected chi connectivity index (χ4v) is 2.99. The summed E-state index contributed by atoms with van der Waals surface area (Å²) in [6, 6.07) is 12.6. The molecule has 0 heterocycles. The second kappa shape index (κ2) is 11.0. The molecule has 2 aromatic carbocycles. The molecule has 2 amide bonds. The zero-order chi connectivity index (χ0) is 22.3. The zero-order valence-corrected chi connectivity index (χ0v) is 19.1. The molecule has 5 nitrogen and oxygen atoms in total. The molecule has 2 atom stereocenters. The molecule has 0 aliphatic carbocycles. The van der Waals surface area contributed by atoms with Gasteiger partial charge in [0.25, 0.3) is 5.91 Å². The summed E-state index contributed by atoms with van der Waals surface area (Å²) in [5.41, 5.74) is 2.97. The number of nitrogens with one attached hydrogen (secondary N) is 1. The van der Waals surface area contributed by atoms with Crippen LogP contribution in [0.25, 0.3) is 0 Å². The van der Waals surface area contributed by atoms with Crippen molar-refractivity contribution >= 4 is 23.4 Å². The van der Waals surface area contributed by atoms with Gasteiger partial charge in [0.2, 0.25) is 5.91 Å². The Morgan fingerprint density at radius 1 is 1.10 bits per heavy atom. The fourth-order valence-electron chi connectivity index (χ4n) is 2.87. The molecule has 1 N–H and O–H groups in total. The maximum atomic E-state index is 13.0. The van der Waals surface area contributed by atoms with Gasteiger partial charge in [-0.05, 0) is 63.4 Å². The Morgan fingerprint density at radius 3 is 2.37 bits per heavy atom. The summed E-state index contributed by atoms with van der Waals surface area (Å²) in [5.74, 6) is 0.138. The van der Waals surface area contributed by atoms with E-state index in [1.807, 2.05) is 52.0 Å². The predicted octanol–water partition coefficient (Wildman–Crippen LogP) is 4.67. The van der Waals surface area contributed by atoms with Crippen molar-refractivity contribution in [1.29, 1.82) is 0 Å². The van der Waals surface area contributed by atoms with E-state index in [9.17, 15) is 9.59 Å². The van der Waals surface area contributed by atoms with Gasteiger partial charge < -0.3 is 15.0 Å². The van der Waals surface area contributed by atoms with Gasteiger partial charge in [-0.15, -0.1) is 0 Å². The Labute approximate surface area is 184 Å². The van der Waals surface area contributed by atoms with E-state index in [0.29, 0.717) is 17.3 Å². The quantitative estimate of drug-likeness (QED) is 0.629. The maximum absolute atomic E-state index is 13.0. The lowest BCUT2D eigenvalue weighted by Crippen LogP contribution is -2.50. The van der Waals surface area contributed by atoms with E-state index in [-0.39, 0.29) is 24.5 Å². The monoisotopic (exact) mass is 430 g/mol. The number of carbonyl (C=O) groups is 2. The number of nitrogens with zero attached hydrogens (tertiary/aromatic N) is 1. The van der Waals surface area contributed by atoms with Crippen molar-refractivity contribution in [2.75, 3.05) is 6.61 Å². The number of hydrogen-bond donors (Lipinski definition) is 1. The molecule has 162 valence electrons. The summed E-state index contributed by atoms with van der Waals surface area (Å²) in [4.78, 5) is 27.3. The van der Waals surface area contributed by atoms with Crippen LogP contribution in [-0.4, -0.2) is 35.4 Å². The SMILES string of the molecule is CC[C@@H](C)NC(=O)[C@@H](C)N(Cc1ccc(C)cc1)C(=O)COc1ccc(Cl)c(C)c1. The Hall–Kier alpha value is -2.53. The lowest BCUT2D eigenvalue weighted by atomic mass is 10.1. The molecular formula is C24H31ClN2O3. The molecule has 2 rings (SSSR count). The van der Waals surface area contributed by atoms with Crippen molar-refractivity contribution in [2.24, 2.45) is 0 Å². The van der Waals surface area contributed by atoms with E-state index >= 15 is 0 Å². The molecule has 0 aliphatic heterocycles. The van der Waals surface area contributed by atoms with E-state index in [2.05, 4.69) is 5.32 Å². The molecule has 30 heavy (non-hydrogen) atoms. The molecule has 0 spiro atoms. The highest BCUT2D eigenvalue weighted by atomic mass is 35.5. The Kier molecular flexibility index (Phi) is 8.72. The Balaban J connectivity index is 2.15. The van der Waals surface area contributed by atoms with Crippen LogP contribution in [0.2, 0.25) is 5.02 Å². The second-order valence-electron chi connectivity index (χ2n) is 7.70. The summed E-state index contributed by atoms with van der Waals surface area (Å²) in [5, 5.41) is 3.60. The van der Waals surface area contributed by atoms with Crippen molar-refractivity contribution in [1.82, 2.24) is 10.2 Å². The highest BCUT2D eigenvalue weighted by molar-refractivity contribution is 6.31. The number of hydrogen-bond acceptors (Lipinski definition) is 3. The van der Waals surface area contributed by atoms with E-state index in [1.54, 1.807) is 30.0 Å². The average molecular weight is 431 g/mol. The predicted molar refractivity (Wildman–Crippen MR) is 121 cm³/mol. The molecule has 0 saturated heterocycles. The van der Waals surface area contributed by atoms with Crippen LogP contribution in [0.4, 0.5) is 0 Å². The van der Waals surface area contributed by atoms with Gasteiger partial charge >= 0.3 is 0 Å². The lowest BCUT2D eigenvalue weighted by molar-refractivity contribution is -0.142. The second-order valence-corrected chi connectivity index (χ2v) is 8.11. The smallest absolute Gasteiger partial charge is 0.261 e. The van der Waals surface area contributed by atoms with Crippen LogP contribution >= 0.6 is 11.6 Å². The standard InChI is InChI=1S/C24H31ClN2O3/c1-6-18(4)26-24(29)19(5)27(14-20-9-7-16(2)8-10-20)23(28)15-30-21-11-12-22(25)17(3)13-21/h7-13,18-19H,6,14-15H2,1-5H3,(H,26,29)/t18-,19-/m1/s1. The van der Waals surface area contributed by atoms with Crippen LogP contribution in [-0.2, 0) is 16.1 Å². The number of carbonyl (C=O) groups excluding carboxylic acids is 2. The van der Waals surface area contributed by atoms with Crippen LogP contribution in [0.3, 0.4) is 0 Å². The van der Waals surface area contributed by atoms with Gasteiger partial charge in [-0.1, -0.05) is 48.4 Å². The summed E-state index contributed by atoms with van der Waals surface area (Å²) in [7, 11) is 0. The third kappa shape index (κ3) is 6.77. The number of rotatable bonds is 9. The average Bonchev–Trinajstić information content (AvgIpc) is 2.73. The van der Waals surface area contributed by atoms with Crippen LogP contribution < -0.4 is 10.1 Å². The van der Waals surface area contributed by atoms with Crippen molar-refractivity contribution in [3.8, 4) is 5.75 Å². The highest BCUT2D eigenvalue weighted by Gasteiger charge is 2.27. The minimum absolute atomic E-state index is 0.0459. The molecular weight excluding hydrogens is 400 g/mol. The molecule has 0 radical (unpaired) electrons. The van der Waals surface area contributed by atoms with Gasteiger partial charge in [0.15, 0.2) is 6.61 Å². The van der Waals surface area contributed by atoms with Crippen LogP contribution in [0, 0.1) is 13.8 Å². The molecule has 0 aliphatic rings. The van der Waals surface area contributed by atoms with E-state index in [0.717, 1.165) is 23.1 Å². The molecule has 6 heteroatoms. The van der Waals surface area contributed by atoms with E-state index in [1.165, 1.54) is 0 Å². The van der Waals surface area contributed by atoms with Gasteiger partial charge in [-0.25, -0.2) is 0 Å². The number of benzene rings is 2. The van der Waals surface area contributed by atoms with Crippen LogP contribution in [0.15, 0.2) is 42.5 Å². The first-order valence-corrected chi connectivity index (χ1v) is 10.6. The maximum Gasteiger partial charge on any atom is 0.261 e. The fraction of sp³-hybridized carbons (Fsp3) is 0.417. The molecule has 2 aromatic rings. The van der Waals surface area contributed by atoms with Crippen molar-refractivity contribution in [2.45, 2.75) is 59.7 Å². The largest absolute Gasteiger partial charge is 0.484 e. The molecule has 0 unspecified atom stereocenters. The number of amides is 2. The minimum Gasteiger partial charge on any atom is -0.484 e. The summed E-state index contributed by atoms with van der Waals surface area (Å²) < 4.78 is 5.69. The van der Waals surface area contributed by atoms with Gasteiger partial charge in [-0.2, -0.15) is 0 Å². The first-order chi connectivity index (χ1) is 14.2. The number of halogens is 1. The normalized spacial score (nSPS) is 12.7. The Bertz CT molecular complexity index is 867. The van der Waals surface area contributed by atoms with Crippen molar-refractivity contribution in [3.63, 3.8) is 0 Å². The lowest BCUT2D eigenvalue weighted by Gasteiger charge is -2.29. The number of aryl methyl sites for hydroxylation is 2. The number of ether oxygens (including phenoxy) is 1. The third-order valence-corrected chi connectivity index (χ3v) is 5.56. The first-order valence-electron chi connectivity index (χ1n) is 10.3. The van der Waals surface area contributed by atoms with Crippen LogP contribution in [0.1, 0.15) is 43.9 Å². The molecule has 0 bridgehead atoms. The van der Waals surface area contributed by atoms with Gasteiger partial charge in [0.05, 0.1) is 0 Å². The van der Waals surface area contributed by atoms with Crippen LogP contribution in [0.5, 0.6) is 5.75 Å². The Morgan fingerprint density at radius 2 is 1.77 bits per heavy atom. The molecule has 0 aromatic heterocycles. The van der Waals surface area contributed by atoms with Gasteiger partial charge in [0.1, 0.15) is 11.8 Å². The highest BCUT2D eigenvalue weighted by Crippen LogP contribution is 2.21. The molecule has 0 saturated carbocycles.